The van der Waals surface area contributed by atoms with E-state index >= 15 is 0 Å². The van der Waals surface area contributed by atoms with Gasteiger partial charge in [0.25, 0.3) is 5.91 Å². The van der Waals surface area contributed by atoms with Crippen molar-refractivity contribution in [2.24, 2.45) is 0 Å². The van der Waals surface area contributed by atoms with Crippen molar-refractivity contribution in [2.45, 2.75) is 13.0 Å². The van der Waals surface area contributed by atoms with Crippen LogP contribution in [0.5, 0.6) is 17.2 Å². The van der Waals surface area contributed by atoms with Gasteiger partial charge in [0.1, 0.15) is 17.2 Å². The number of nitrogens with one attached hydrogen (secondary N) is 1. The first-order valence-electron chi connectivity index (χ1n) is 8.39. The molecule has 27 heavy (non-hydrogen) atoms. The van der Waals surface area contributed by atoms with E-state index < -0.39 is 6.10 Å². The highest BCUT2D eigenvalue weighted by Crippen LogP contribution is 2.29. The molecule has 0 fully saturated rings. The molecule has 0 aliphatic carbocycles. The van der Waals surface area contributed by atoms with Gasteiger partial charge in [-0.2, -0.15) is 0 Å². The molecule has 6 heteroatoms. The highest BCUT2D eigenvalue weighted by Gasteiger charge is 2.17. The van der Waals surface area contributed by atoms with Crippen LogP contribution in [0.15, 0.2) is 54.6 Å². The summed E-state index contributed by atoms with van der Waals surface area (Å²) in [5.41, 5.74) is 0.494. The third-order valence-corrected chi connectivity index (χ3v) is 4.36. The van der Waals surface area contributed by atoms with E-state index in [0.29, 0.717) is 22.2 Å². The first-order chi connectivity index (χ1) is 13.0. The number of ether oxygens (including phenoxy) is 3. The van der Waals surface area contributed by atoms with Gasteiger partial charge < -0.3 is 19.5 Å². The van der Waals surface area contributed by atoms with Crippen molar-refractivity contribution < 1.29 is 19.0 Å². The summed E-state index contributed by atoms with van der Waals surface area (Å²) in [7, 11) is 3.15. The lowest BCUT2D eigenvalue weighted by molar-refractivity contribution is -0.122. The van der Waals surface area contributed by atoms with Gasteiger partial charge in [-0.15, -0.1) is 0 Å². The summed E-state index contributed by atoms with van der Waals surface area (Å²) in [4.78, 5) is 12.5. The lowest BCUT2D eigenvalue weighted by Gasteiger charge is -2.16. The highest BCUT2D eigenvalue weighted by atomic mass is 35.5. The molecular formula is C21H20ClNO4. The first kappa shape index (κ1) is 18.9. The Hall–Kier alpha value is -2.92. The molecule has 0 heterocycles. The van der Waals surface area contributed by atoms with Crippen LogP contribution in [0.2, 0.25) is 5.02 Å². The maximum absolute atomic E-state index is 12.5. The van der Waals surface area contributed by atoms with Crippen molar-refractivity contribution in [1.29, 1.82) is 0 Å². The Morgan fingerprint density at radius 3 is 2.33 bits per heavy atom. The molecule has 0 bridgehead atoms. The second kappa shape index (κ2) is 8.18. The number of benzene rings is 3. The van der Waals surface area contributed by atoms with Crippen molar-refractivity contribution in [3.63, 3.8) is 0 Å². The van der Waals surface area contributed by atoms with Gasteiger partial charge in [-0.3, -0.25) is 4.79 Å². The second-order valence-corrected chi connectivity index (χ2v) is 6.41. The van der Waals surface area contributed by atoms with Crippen LogP contribution in [0.3, 0.4) is 0 Å². The van der Waals surface area contributed by atoms with Gasteiger partial charge in [0.2, 0.25) is 0 Å². The van der Waals surface area contributed by atoms with Gasteiger partial charge in [-0.25, -0.2) is 0 Å². The summed E-state index contributed by atoms with van der Waals surface area (Å²) in [6, 6.07) is 16.5. The Bertz CT molecular complexity index is 974. The van der Waals surface area contributed by atoms with Crippen molar-refractivity contribution in [3.8, 4) is 17.2 Å². The molecule has 3 rings (SSSR count). The Balaban J connectivity index is 1.74. The molecule has 3 aromatic rings. The summed E-state index contributed by atoms with van der Waals surface area (Å²) in [6.07, 6.45) is -0.711. The zero-order valence-corrected chi connectivity index (χ0v) is 16.0. The van der Waals surface area contributed by atoms with Crippen LogP contribution in [0.1, 0.15) is 6.92 Å². The van der Waals surface area contributed by atoms with Gasteiger partial charge in [0.05, 0.1) is 19.9 Å². The number of anilines is 1. The van der Waals surface area contributed by atoms with Crippen molar-refractivity contribution in [2.75, 3.05) is 19.5 Å². The summed E-state index contributed by atoms with van der Waals surface area (Å²) >= 11 is 6.00. The Labute approximate surface area is 162 Å². The predicted octanol–water partition coefficient (Wildman–Crippen LogP) is 4.92. The fraction of sp³-hybridized carbons (Fsp3) is 0.190. The first-order valence-corrected chi connectivity index (χ1v) is 8.77. The van der Waals surface area contributed by atoms with Crippen LogP contribution >= 0.6 is 11.6 Å². The molecule has 0 spiro atoms. The topological polar surface area (TPSA) is 56.8 Å². The van der Waals surface area contributed by atoms with Gasteiger partial charge >= 0.3 is 0 Å². The maximum atomic E-state index is 12.5. The molecule has 0 saturated carbocycles. The van der Waals surface area contributed by atoms with Crippen LogP contribution < -0.4 is 19.5 Å². The second-order valence-electron chi connectivity index (χ2n) is 5.97. The van der Waals surface area contributed by atoms with Crippen molar-refractivity contribution >= 4 is 34.0 Å². The Morgan fingerprint density at radius 1 is 0.926 bits per heavy atom. The minimum Gasteiger partial charge on any atom is -0.497 e. The number of hydrogen-bond donors (Lipinski definition) is 1. The van der Waals surface area contributed by atoms with Crippen molar-refractivity contribution in [3.05, 3.63) is 59.6 Å². The Morgan fingerprint density at radius 2 is 1.63 bits per heavy atom. The van der Waals surface area contributed by atoms with Gasteiger partial charge in [-0.1, -0.05) is 23.7 Å². The number of rotatable bonds is 6. The van der Waals surface area contributed by atoms with Crippen LogP contribution in [0.25, 0.3) is 10.8 Å². The largest absolute Gasteiger partial charge is 0.497 e. The number of amides is 1. The molecule has 1 amide bonds. The third kappa shape index (κ3) is 4.44. The number of halogens is 1. The molecule has 0 aliphatic heterocycles. The maximum Gasteiger partial charge on any atom is 0.265 e. The highest BCUT2D eigenvalue weighted by molar-refractivity contribution is 6.31. The van der Waals surface area contributed by atoms with Crippen LogP contribution in [-0.4, -0.2) is 26.2 Å². The molecule has 0 aliphatic rings. The molecule has 1 atom stereocenters. The fourth-order valence-electron chi connectivity index (χ4n) is 2.67. The molecule has 0 radical (unpaired) electrons. The zero-order valence-electron chi connectivity index (χ0n) is 15.3. The average Bonchev–Trinajstić information content (AvgIpc) is 2.67. The quantitative estimate of drug-likeness (QED) is 0.654. The minimum absolute atomic E-state index is 0.304. The average molecular weight is 386 g/mol. The van der Waals surface area contributed by atoms with Gasteiger partial charge in [-0.05, 0) is 60.2 Å². The molecule has 1 N–H and O–H groups in total. The number of fused-ring (bicyclic) bond motifs is 1. The third-order valence-electron chi connectivity index (χ3n) is 4.12. The number of carbonyl (C=O) groups excluding carboxylic acids is 1. The van der Waals surface area contributed by atoms with E-state index in [9.17, 15) is 4.79 Å². The molecule has 5 nitrogen and oxygen atoms in total. The zero-order chi connectivity index (χ0) is 19.4. The van der Waals surface area contributed by atoms with E-state index in [4.69, 9.17) is 25.8 Å². The Kier molecular flexibility index (Phi) is 5.72. The molecule has 3 aromatic carbocycles. The van der Waals surface area contributed by atoms with E-state index in [-0.39, 0.29) is 5.91 Å². The van der Waals surface area contributed by atoms with Crippen LogP contribution in [-0.2, 0) is 4.79 Å². The summed E-state index contributed by atoms with van der Waals surface area (Å²) in [5.74, 6) is 1.58. The van der Waals surface area contributed by atoms with E-state index in [1.54, 1.807) is 32.2 Å². The molecule has 0 unspecified atom stereocenters. The van der Waals surface area contributed by atoms with Crippen LogP contribution in [0, 0.1) is 0 Å². The summed E-state index contributed by atoms with van der Waals surface area (Å²) in [6.45, 7) is 1.68. The SMILES string of the molecule is COc1ccc2ccc(O[C@@H](C)C(=O)Nc3cc(Cl)ccc3OC)cc2c1. The predicted molar refractivity (Wildman–Crippen MR) is 107 cm³/mol. The minimum atomic E-state index is -0.711. The van der Waals surface area contributed by atoms with E-state index in [1.165, 1.54) is 7.11 Å². The lowest BCUT2D eigenvalue weighted by Crippen LogP contribution is -2.30. The standard InChI is InChI=1S/C21H20ClNO4/c1-13(21(24)23-19-12-16(22)6-9-20(19)26-3)27-18-8-5-14-4-7-17(25-2)10-15(14)11-18/h4-13H,1-3H3,(H,23,24)/t13-/m0/s1. The molecular weight excluding hydrogens is 366 g/mol. The number of methoxy groups -OCH3 is 2. The summed E-state index contributed by atoms with van der Waals surface area (Å²) in [5, 5.41) is 5.31. The van der Waals surface area contributed by atoms with Crippen molar-refractivity contribution in [1.82, 2.24) is 0 Å². The normalized spacial score (nSPS) is 11.7. The van der Waals surface area contributed by atoms with Crippen LogP contribution in [0.4, 0.5) is 5.69 Å². The fourth-order valence-corrected chi connectivity index (χ4v) is 2.85. The molecule has 0 aromatic heterocycles. The van der Waals surface area contributed by atoms with Gasteiger partial charge in [0.15, 0.2) is 6.10 Å². The number of hydrogen-bond acceptors (Lipinski definition) is 4. The summed E-state index contributed by atoms with van der Waals surface area (Å²) < 4.78 is 16.3. The number of carbonyl (C=O) groups is 1. The monoisotopic (exact) mass is 385 g/mol. The smallest absolute Gasteiger partial charge is 0.265 e. The van der Waals surface area contributed by atoms with E-state index in [0.717, 1.165) is 16.5 Å². The molecule has 140 valence electrons. The van der Waals surface area contributed by atoms with Gasteiger partial charge in [0, 0.05) is 5.02 Å². The van der Waals surface area contributed by atoms with E-state index in [1.807, 2.05) is 36.4 Å². The molecule has 0 saturated heterocycles. The van der Waals surface area contributed by atoms with E-state index in [2.05, 4.69) is 5.32 Å². The lowest BCUT2D eigenvalue weighted by atomic mass is 10.1.